The zero-order valence-electron chi connectivity index (χ0n) is 10.1. The summed E-state index contributed by atoms with van der Waals surface area (Å²) in [5.74, 6) is 2.70. The van der Waals surface area contributed by atoms with Crippen LogP contribution in [0.25, 0.3) is 5.82 Å². The molecule has 1 amide bonds. The number of nitrogens with zero attached hydrogens (tertiary/aromatic N) is 4. The van der Waals surface area contributed by atoms with Gasteiger partial charge in [0, 0.05) is 6.20 Å². The molecule has 2 aromatic heterocycles. The normalized spacial score (nSPS) is 9.84. The smallest absolute Gasteiger partial charge is 0.238 e. The Kier molecular flexibility index (Phi) is 4.21. The predicted molar refractivity (Wildman–Crippen MR) is 69.5 cm³/mol. The third kappa shape index (κ3) is 3.37. The average molecular weight is 256 g/mol. The number of aromatic nitrogens is 4. The first-order valence-corrected chi connectivity index (χ1v) is 5.55. The molecule has 0 atom stereocenters. The highest BCUT2D eigenvalue weighted by Crippen LogP contribution is 2.15. The van der Waals surface area contributed by atoms with E-state index in [2.05, 4.69) is 31.6 Å². The Morgan fingerprint density at radius 1 is 1.53 bits per heavy atom. The van der Waals surface area contributed by atoms with Crippen LogP contribution in [0.3, 0.4) is 0 Å². The van der Waals surface area contributed by atoms with Crippen LogP contribution in [0.15, 0.2) is 31.0 Å². The predicted octanol–water partition coefficient (Wildman–Crippen LogP) is -0.176. The summed E-state index contributed by atoms with van der Waals surface area (Å²) in [6.07, 6.45) is 9.60. The topological polar surface area (TPSA) is 84.7 Å². The van der Waals surface area contributed by atoms with E-state index in [0.29, 0.717) is 18.1 Å². The Balaban J connectivity index is 2.09. The summed E-state index contributed by atoms with van der Waals surface area (Å²) in [6.45, 7) is 0.478. The molecule has 2 heterocycles. The summed E-state index contributed by atoms with van der Waals surface area (Å²) in [6, 6.07) is 3.47. The molecule has 0 aliphatic carbocycles. The van der Waals surface area contributed by atoms with E-state index in [1.165, 1.54) is 17.3 Å². The average Bonchev–Trinajstić information content (AvgIpc) is 2.93. The van der Waals surface area contributed by atoms with Crippen molar-refractivity contribution in [3.8, 4) is 18.2 Å². The van der Waals surface area contributed by atoms with Crippen molar-refractivity contribution in [2.24, 2.45) is 0 Å². The molecule has 0 spiro atoms. The fourth-order valence-electron chi connectivity index (χ4n) is 1.44. The highest BCUT2D eigenvalue weighted by atomic mass is 16.1. The molecule has 0 aromatic carbocycles. The van der Waals surface area contributed by atoms with Gasteiger partial charge in [-0.2, -0.15) is 5.10 Å². The molecule has 0 bridgehead atoms. The molecule has 0 saturated carbocycles. The van der Waals surface area contributed by atoms with E-state index in [1.54, 1.807) is 18.3 Å². The van der Waals surface area contributed by atoms with E-state index in [4.69, 9.17) is 6.42 Å². The summed E-state index contributed by atoms with van der Waals surface area (Å²) >= 11 is 0. The first kappa shape index (κ1) is 12.7. The fraction of sp³-hybridized carbons (Fsp3) is 0.167. The minimum atomic E-state index is -0.204. The standard InChI is InChI=1S/C12H12N6O/c1-2-5-13-7-11(19)17-10-4-3-6-15-12(10)18-9-14-8-16-18/h1,3-4,6,8-9,13H,5,7H2,(H,17,19). The van der Waals surface area contributed by atoms with Crippen LogP contribution >= 0.6 is 0 Å². The molecule has 0 unspecified atom stereocenters. The van der Waals surface area contributed by atoms with Crippen LogP contribution in [0.1, 0.15) is 0 Å². The first-order valence-electron chi connectivity index (χ1n) is 5.55. The molecule has 2 N–H and O–H groups in total. The maximum Gasteiger partial charge on any atom is 0.238 e. The number of anilines is 1. The molecule has 7 heteroatoms. The molecular weight excluding hydrogens is 244 g/mol. The second-order valence-corrected chi connectivity index (χ2v) is 3.57. The van der Waals surface area contributed by atoms with Gasteiger partial charge in [0.1, 0.15) is 12.7 Å². The van der Waals surface area contributed by atoms with E-state index in [1.807, 2.05) is 0 Å². The highest BCUT2D eigenvalue weighted by molar-refractivity contribution is 5.93. The van der Waals surface area contributed by atoms with Crippen LogP contribution in [-0.2, 0) is 4.79 Å². The van der Waals surface area contributed by atoms with Crippen molar-refractivity contribution in [1.29, 1.82) is 0 Å². The Bertz CT molecular complexity index is 587. The van der Waals surface area contributed by atoms with Crippen molar-refractivity contribution in [3.63, 3.8) is 0 Å². The van der Waals surface area contributed by atoms with Gasteiger partial charge in [-0.3, -0.25) is 10.1 Å². The number of carbonyl (C=O) groups excluding carboxylic acids is 1. The van der Waals surface area contributed by atoms with Crippen molar-refractivity contribution in [2.45, 2.75) is 0 Å². The van der Waals surface area contributed by atoms with Crippen molar-refractivity contribution in [1.82, 2.24) is 25.1 Å². The van der Waals surface area contributed by atoms with Crippen molar-refractivity contribution in [3.05, 3.63) is 31.0 Å². The minimum absolute atomic E-state index is 0.135. The number of rotatable bonds is 5. The fourth-order valence-corrected chi connectivity index (χ4v) is 1.44. The van der Waals surface area contributed by atoms with Gasteiger partial charge in [-0.1, -0.05) is 5.92 Å². The van der Waals surface area contributed by atoms with Crippen LogP contribution in [0.2, 0.25) is 0 Å². The lowest BCUT2D eigenvalue weighted by molar-refractivity contribution is -0.115. The molecular formula is C12H12N6O. The maximum atomic E-state index is 11.7. The first-order chi connectivity index (χ1) is 9.31. The van der Waals surface area contributed by atoms with Gasteiger partial charge in [0.05, 0.1) is 18.8 Å². The van der Waals surface area contributed by atoms with Gasteiger partial charge in [0.25, 0.3) is 0 Å². The Labute approximate surface area is 110 Å². The largest absolute Gasteiger partial charge is 0.322 e. The number of nitrogens with one attached hydrogen (secondary N) is 2. The third-order valence-corrected chi connectivity index (χ3v) is 2.21. The van der Waals surface area contributed by atoms with Gasteiger partial charge in [-0.15, -0.1) is 6.42 Å². The monoisotopic (exact) mass is 256 g/mol. The summed E-state index contributed by atoms with van der Waals surface area (Å²) in [7, 11) is 0. The molecule has 0 aliphatic heterocycles. The van der Waals surface area contributed by atoms with Crippen LogP contribution in [0.5, 0.6) is 0 Å². The summed E-state index contributed by atoms with van der Waals surface area (Å²) in [5.41, 5.74) is 0.556. The van der Waals surface area contributed by atoms with Crippen molar-refractivity contribution in [2.75, 3.05) is 18.4 Å². The zero-order valence-corrected chi connectivity index (χ0v) is 10.1. The van der Waals surface area contributed by atoms with E-state index < -0.39 is 0 Å². The lowest BCUT2D eigenvalue weighted by Gasteiger charge is -2.09. The molecule has 2 rings (SSSR count). The van der Waals surface area contributed by atoms with Crippen LogP contribution in [0, 0.1) is 12.3 Å². The molecule has 7 nitrogen and oxygen atoms in total. The quantitative estimate of drug-likeness (QED) is 0.573. The number of hydrogen-bond acceptors (Lipinski definition) is 5. The lowest BCUT2D eigenvalue weighted by Crippen LogP contribution is -2.28. The molecule has 0 fully saturated rings. The number of amides is 1. The lowest BCUT2D eigenvalue weighted by atomic mass is 10.3. The number of pyridine rings is 1. The van der Waals surface area contributed by atoms with Gasteiger partial charge in [0.15, 0.2) is 5.82 Å². The van der Waals surface area contributed by atoms with Gasteiger partial charge < -0.3 is 5.32 Å². The van der Waals surface area contributed by atoms with Crippen LogP contribution < -0.4 is 10.6 Å². The van der Waals surface area contributed by atoms with Crippen LogP contribution in [0.4, 0.5) is 5.69 Å². The summed E-state index contributed by atoms with van der Waals surface area (Å²) in [5, 5.41) is 9.52. The summed E-state index contributed by atoms with van der Waals surface area (Å²) in [4.78, 5) is 19.7. The van der Waals surface area contributed by atoms with E-state index in [9.17, 15) is 4.79 Å². The number of carbonyl (C=O) groups is 1. The van der Waals surface area contributed by atoms with Crippen molar-refractivity contribution < 1.29 is 4.79 Å². The van der Waals surface area contributed by atoms with Gasteiger partial charge >= 0.3 is 0 Å². The summed E-state index contributed by atoms with van der Waals surface area (Å²) < 4.78 is 1.48. The SMILES string of the molecule is C#CCNCC(=O)Nc1cccnc1-n1cncn1. The molecule has 96 valence electrons. The van der Waals surface area contributed by atoms with Gasteiger partial charge in [-0.25, -0.2) is 14.6 Å². The van der Waals surface area contributed by atoms with E-state index >= 15 is 0 Å². The molecule has 0 aliphatic rings. The number of hydrogen-bond donors (Lipinski definition) is 2. The molecule has 0 radical (unpaired) electrons. The van der Waals surface area contributed by atoms with Crippen molar-refractivity contribution >= 4 is 11.6 Å². The zero-order chi connectivity index (χ0) is 13.5. The number of terminal acetylenes is 1. The minimum Gasteiger partial charge on any atom is -0.322 e. The third-order valence-electron chi connectivity index (χ3n) is 2.21. The Morgan fingerprint density at radius 2 is 2.42 bits per heavy atom. The Hall–Kier alpha value is -2.72. The molecule has 0 saturated heterocycles. The highest BCUT2D eigenvalue weighted by Gasteiger charge is 2.09. The van der Waals surface area contributed by atoms with E-state index in [-0.39, 0.29) is 12.5 Å². The van der Waals surface area contributed by atoms with E-state index in [0.717, 1.165) is 0 Å². The van der Waals surface area contributed by atoms with Gasteiger partial charge in [0.2, 0.25) is 5.91 Å². The van der Waals surface area contributed by atoms with Crippen LogP contribution in [-0.4, -0.2) is 38.7 Å². The molecule has 2 aromatic rings. The second-order valence-electron chi connectivity index (χ2n) is 3.57. The van der Waals surface area contributed by atoms with Gasteiger partial charge in [-0.05, 0) is 12.1 Å². The molecule has 19 heavy (non-hydrogen) atoms. The maximum absolute atomic E-state index is 11.7. The Morgan fingerprint density at radius 3 is 3.16 bits per heavy atom. The second kappa shape index (κ2) is 6.28.